The van der Waals surface area contributed by atoms with Crippen molar-refractivity contribution in [2.24, 2.45) is 0 Å². The third-order valence-electron chi connectivity index (χ3n) is 6.51. The van der Waals surface area contributed by atoms with Crippen molar-refractivity contribution in [1.82, 2.24) is 9.88 Å². The number of H-pyrrole nitrogens is 1. The maximum Gasteiger partial charge on any atom is 0.178 e. The molecule has 1 saturated heterocycles. The Labute approximate surface area is 191 Å². The van der Waals surface area contributed by atoms with E-state index in [0.29, 0.717) is 22.3 Å². The molecule has 2 heterocycles. The Bertz CT molecular complexity index is 1160. The summed E-state index contributed by atoms with van der Waals surface area (Å²) in [6.45, 7) is 6.25. The van der Waals surface area contributed by atoms with Gasteiger partial charge in [0, 0.05) is 23.0 Å². The van der Waals surface area contributed by atoms with Crippen molar-refractivity contribution in [2.45, 2.75) is 44.0 Å². The number of aromatic amines is 1. The fraction of sp³-hybridized carbons (Fsp3) is 0.385. The molecule has 1 aliphatic heterocycles. The van der Waals surface area contributed by atoms with Crippen molar-refractivity contribution in [3.63, 3.8) is 0 Å². The van der Waals surface area contributed by atoms with Gasteiger partial charge < -0.3 is 9.72 Å². The van der Waals surface area contributed by atoms with E-state index in [1.165, 1.54) is 25.0 Å². The summed E-state index contributed by atoms with van der Waals surface area (Å²) in [6, 6.07) is 17.9. The van der Waals surface area contributed by atoms with Crippen LogP contribution in [0.1, 0.15) is 44.8 Å². The maximum absolute atomic E-state index is 12.6. The van der Waals surface area contributed by atoms with Crippen LogP contribution in [0.3, 0.4) is 0 Å². The van der Waals surface area contributed by atoms with E-state index in [9.17, 15) is 8.42 Å². The molecule has 0 aliphatic carbocycles. The SMILES string of the molecule is CCS(=O)(=O)c1ccc(OC)cc1-c1ccc(-c2ccc(C(C)N3CCCCC3)[nH]2)cc1. The molecule has 6 heteroatoms. The van der Waals surface area contributed by atoms with E-state index in [-0.39, 0.29) is 5.75 Å². The fourth-order valence-electron chi connectivity index (χ4n) is 4.44. The minimum absolute atomic E-state index is 0.0604. The Balaban J connectivity index is 1.61. The van der Waals surface area contributed by atoms with Crippen molar-refractivity contribution in [3.05, 3.63) is 60.3 Å². The lowest BCUT2D eigenvalue weighted by atomic mass is 10.0. The van der Waals surface area contributed by atoms with Crippen molar-refractivity contribution in [1.29, 1.82) is 0 Å². The molecule has 3 aromatic rings. The summed E-state index contributed by atoms with van der Waals surface area (Å²) in [7, 11) is -1.76. The zero-order chi connectivity index (χ0) is 22.7. The van der Waals surface area contributed by atoms with Crippen molar-refractivity contribution < 1.29 is 13.2 Å². The van der Waals surface area contributed by atoms with Crippen LogP contribution in [-0.4, -0.2) is 44.3 Å². The van der Waals surface area contributed by atoms with Gasteiger partial charge in [0.1, 0.15) is 5.75 Å². The van der Waals surface area contributed by atoms with Gasteiger partial charge in [0.2, 0.25) is 0 Å². The van der Waals surface area contributed by atoms with Crippen LogP contribution in [0, 0.1) is 0 Å². The van der Waals surface area contributed by atoms with Crippen LogP contribution in [0.4, 0.5) is 0 Å². The molecule has 0 radical (unpaired) electrons. The predicted octanol–water partition coefficient (Wildman–Crippen LogP) is 5.70. The topological polar surface area (TPSA) is 62.4 Å². The normalized spacial score (nSPS) is 16.1. The molecule has 1 aliphatic rings. The van der Waals surface area contributed by atoms with Gasteiger partial charge in [-0.3, -0.25) is 4.90 Å². The van der Waals surface area contributed by atoms with Gasteiger partial charge >= 0.3 is 0 Å². The number of hydrogen-bond acceptors (Lipinski definition) is 4. The van der Waals surface area contributed by atoms with E-state index in [4.69, 9.17) is 4.74 Å². The van der Waals surface area contributed by atoms with Crippen LogP contribution >= 0.6 is 0 Å². The zero-order valence-electron chi connectivity index (χ0n) is 19.1. The maximum atomic E-state index is 12.6. The monoisotopic (exact) mass is 452 g/mol. The van der Waals surface area contributed by atoms with Crippen LogP contribution in [0.5, 0.6) is 5.75 Å². The quantitative estimate of drug-likeness (QED) is 0.500. The lowest BCUT2D eigenvalue weighted by Gasteiger charge is -2.31. The molecule has 1 N–H and O–H groups in total. The van der Waals surface area contributed by atoms with E-state index >= 15 is 0 Å². The molecule has 0 spiro atoms. The van der Waals surface area contributed by atoms with Gasteiger partial charge in [-0.2, -0.15) is 0 Å². The van der Waals surface area contributed by atoms with Gasteiger partial charge in [-0.15, -0.1) is 0 Å². The molecule has 2 aromatic carbocycles. The van der Waals surface area contributed by atoms with E-state index in [1.807, 2.05) is 24.3 Å². The van der Waals surface area contributed by atoms with Crippen molar-refractivity contribution in [2.75, 3.05) is 26.0 Å². The first kappa shape index (κ1) is 22.6. The summed E-state index contributed by atoms with van der Waals surface area (Å²) in [5.41, 5.74) is 4.91. The third kappa shape index (κ3) is 4.62. The van der Waals surface area contributed by atoms with E-state index < -0.39 is 9.84 Å². The Morgan fingerprint density at radius 1 is 0.969 bits per heavy atom. The van der Waals surface area contributed by atoms with E-state index in [2.05, 4.69) is 28.9 Å². The number of nitrogens with one attached hydrogen (secondary N) is 1. The minimum atomic E-state index is -3.35. The molecule has 1 unspecified atom stereocenters. The average Bonchev–Trinajstić information content (AvgIpc) is 3.34. The van der Waals surface area contributed by atoms with E-state index in [1.54, 1.807) is 32.2 Å². The molecule has 4 rings (SSSR count). The average molecular weight is 453 g/mol. The number of piperidine rings is 1. The largest absolute Gasteiger partial charge is 0.497 e. The van der Waals surface area contributed by atoms with Crippen LogP contribution < -0.4 is 4.74 Å². The summed E-state index contributed by atoms with van der Waals surface area (Å²) in [5.74, 6) is 0.699. The highest BCUT2D eigenvalue weighted by molar-refractivity contribution is 7.91. The second-order valence-electron chi connectivity index (χ2n) is 8.44. The summed E-state index contributed by atoms with van der Waals surface area (Å²) in [4.78, 5) is 6.47. The second-order valence-corrected chi connectivity index (χ2v) is 10.7. The van der Waals surface area contributed by atoms with Gasteiger partial charge in [-0.05, 0) is 74.3 Å². The molecular weight excluding hydrogens is 420 g/mol. The number of hydrogen-bond donors (Lipinski definition) is 1. The van der Waals surface area contributed by atoms with Gasteiger partial charge in [0.25, 0.3) is 0 Å². The van der Waals surface area contributed by atoms with Crippen LogP contribution in [0.25, 0.3) is 22.4 Å². The Morgan fingerprint density at radius 2 is 1.66 bits per heavy atom. The molecule has 1 aromatic heterocycles. The van der Waals surface area contributed by atoms with Gasteiger partial charge in [-0.1, -0.05) is 37.6 Å². The molecule has 170 valence electrons. The number of likely N-dealkylation sites (tertiary alicyclic amines) is 1. The molecular formula is C26H32N2O3S. The number of ether oxygens (including phenoxy) is 1. The molecule has 0 bridgehead atoms. The molecule has 0 saturated carbocycles. The zero-order valence-corrected chi connectivity index (χ0v) is 19.9. The molecule has 32 heavy (non-hydrogen) atoms. The van der Waals surface area contributed by atoms with Gasteiger partial charge in [-0.25, -0.2) is 8.42 Å². The first-order chi connectivity index (χ1) is 15.4. The van der Waals surface area contributed by atoms with Crippen LogP contribution in [-0.2, 0) is 9.84 Å². The smallest absolute Gasteiger partial charge is 0.178 e. The summed E-state index contributed by atoms with van der Waals surface area (Å²) >= 11 is 0. The number of nitrogens with zero attached hydrogens (tertiary/aromatic N) is 1. The first-order valence-corrected chi connectivity index (χ1v) is 13.0. The molecule has 1 fully saturated rings. The highest BCUT2D eigenvalue weighted by Gasteiger charge is 2.20. The van der Waals surface area contributed by atoms with E-state index in [0.717, 1.165) is 29.9 Å². The molecule has 0 amide bonds. The lowest BCUT2D eigenvalue weighted by molar-refractivity contribution is 0.172. The molecule has 5 nitrogen and oxygen atoms in total. The molecule has 1 atom stereocenters. The van der Waals surface area contributed by atoms with Crippen molar-refractivity contribution in [3.8, 4) is 28.1 Å². The Hall–Kier alpha value is -2.57. The number of rotatable bonds is 7. The summed E-state index contributed by atoms with van der Waals surface area (Å²) < 4.78 is 30.6. The van der Waals surface area contributed by atoms with Gasteiger partial charge in [0.15, 0.2) is 9.84 Å². The Kier molecular flexibility index (Phi) is 6.72. The number of aromatic nitrogens is 1. The van der Waals surface area contributed by atoms with Crippen molar-refractivity contribution >= 4 is 9.84 Å². The number of sulfone groups is 1. The fourth-order valence-corrected chi connectivity index (χ4v) is 5.54. The standard InChI is InChI=1S/C26H32N2O3S/c1-4-32(29,30)26-15-12-22(31-3)18-23(26)20-8-10-21(11-9-20)25-14-13-24(27-25)19(2)28-16-6-5-7-17-28/h8-15,18-19,27H,4-7,16-17H2,1-3H3. The second kappa shape index (κ2) is 9.51. The summed E-state index contributed by atoms with van der Waals surface area (Å²) in [5, 5.41) is 0. The predicted molar refractivity (Wildman–Crippen MR) is 130 cm³/mol. The highest BCUT2D eigenvalue weighted by Crippen LogP contribution is 2.33. The third-order valence-corrected chi connectivity index (χ3v) is 8.29. The van der Waals surface area contributed by atoms with Gasteiger partial charge in [0.05, 0.1) is 17.8 Å². The number of benzene rings is 2. The number of methoxy groups -OCH3 is 1. The lowest BCUT2D eigenvalue weighted by Crippen LogP contribution is -2.32. The Morgan fingerprint density at radius 3 is 2.31 bits per heavy atom. The first-order valence-electron chi connectivity index (χ1n) is 11.4. The van der Waals surface area contributed by atoms with Crippen LogP contribution in [0.15, 0.2) is 59.5 Å². The summed E-state index contributed by atoms with van der Waals surface area (Å²) in [6.07, 6.45) is 3.89. The van der Waals surface area contributed by atoms with Crippen LogP contribution in [0.2, 0.25) is 0 Å². The highest BCUT2D eigenvalue weighted by atomic mass is 32.2. The minimum Gasteiger partial charge on any atom is -0.497 e.